The van der Waals surface area contributed by atoms with Crippen LogP contribution in [0.1, 0.15) is 16.6 Å². The molecular formula is C19H9Cl3F4N2O3S. The van der Waals surface area contributed by atoms with Crippen molar-refractivity contribution >= 4 is 44.6 Å². The summed E-state index contributed by atoms with van der Waals surface area (Å²) in [6.45, 7) is 0. The molecule has 3 rings (SSSR count). The lowest BCUT2D eigenvalue weighted by molar-refractivity contribution is -0.274. The standard InChI is InChI=1S/C19H9Cl3F4N2O3S/c20-13-6-11(31-19(24,25)26)7-14(21)16(13)28-9-15(12(8-27)17(28)22)32(29,30)18(23)10-4-2-1-3-5-10/h1-7,9,18H. The van der Waals surface area contributed by atoms with Crippen molar-refractivity contribution in [2.75, 3.05) is 0 Å². The summed E-state index contributed by atoms with van der Waals surface area (Å²) in [6, 6.07) is 10.1. The van der Waals surface area contributed by atoms with Crippen LogP contribution in [-0.2, 0) is 9.84 Å². The van der Waals surface area contributed by atoms with E-state index in [4.69, 9.17) is 34.8 Å². The van der Waals surface area contributed by atoms with Gasteiger partial charge in [-0.2, -0.15) is 5.26 Å². The molecule has 1 atom stereocenters. The Balaban J connectivity index is 2.15. The zero-order valence-corrected chi connectivity index (χ0v) is 18.5. The zero-order valence-electron chi connectivity index (χ0n) is 15.4. The molecule has 2 aromatic carbocycles. The zero-order chi connectivity index (χ0) is 23.8. The van der Waals surface area contributed by atoms with Gasteiger partial charge in [-0.05, 0) is 0 Å². The third-order valence-electron chi connectivity index (χ3n) is 4.13. The normalized spacial score (nSPS) is 12.9. The first-order chi connectivity index (χ1) is 14.9. The minimum atomic E-state index is -5.01. The lowest BCUT2D eigenvalue weighted by atomic mass is 10.2. The van der Waals surface area contributed by atoms with Crippen molar-refractivity contribution in [3.05, 3.63) is 75.0 Å². The third-order valence-corrected chi connectivity index (χ3v) is 6.81. The van der Waals surface area contributed by atoms with Crippen LogP contribution in [0.2, 0.25) is 15.2 Å². The number of ether oxygens (including phenoxy) is 1. The fourth-order valence-electron chi connectivity index (χ4n) is 2.80. The number of nitriles is 1. The maximum atomic E-state index is 14.9. The molecule has 0 aliphatic rings. The molecule has 0 aliphatic carbocycles. The van der Waals surface area contributed by atoms with E-state index < -0.39 is 53.1 Å². The molecule has 0 fully saturated rings. The van der Waals surface area contributed by atoms with E-state index in [0.29, 0.717) is 0 Å². The van der Waals surface area contributed by atoms with E-state index in [1.807, 2.05) is 0 Å². The molecule has 0 saturated carbocycles. The molecule has 0 aliphatic heterocycles. The summed E-state index contributed by atoms with van der Waals surface area (Å²) in [4.78, 5) is -0.746. The number of aromatic nitrogens is 1. The van der Waals surface area contributed by atoms with E-state index in [1.54, 1.807) is 12.1 Å². The summed E-state index contributed by atoms with van der Waals surface area (Å²) >= 11 is 18.2. The first-order valence-electron chi connectivity index (χ1n) is 8.36. The summed E-state index contributed by atoms with van der Waals surface area (Å²) < 4.78 is 82.7. The smallest absolute Gasteiger partial charge is 0.406 e. The van der Waals surface area contributed by atoms with E-state index >= 15 is 0 Å². The molecule has 13 heteroatoms. The molecular weight excluding hydrogens is 519 g/mol. The lowest BCUT2D eigenvalue weighted by Crippen LogP contribution is -2.17. The Morgan fingerprint density at radius 1 is 1.06 bits per heavy atom. The highest BCUT2D eigenvalue weighted by Gasteiger charge is 2.35. The molecule has 3 aromatic rings. The van der Waals surface area contributed by atoms with Gasteiger partial charge in [0, 0.05) is 23.9 Å². The van der Waals surface area contributed by atoms with Gasteiger partial charge >= 0.3 is 6.36 Å². The number of hydrogen-bond acceptors (Lipinski definition) is 4. The van der Waals surface area contributed by atoms with Gasteiger partial charge in [0.2, 0.25) is 15.3 Å². The van der Waals surface area contributed by atoms with Crippen LogP contribution in [0.15, 0.2) is 53.6 Å². The second-order valence-electron chi connectivity index (χ2n) is 6.20. The topological polar surface area (TPSA) is 72.1 Å². The molecule has 0 spiro atoms. The van der Waals surface area contributed by atoms with E-state index in [1.165, 1.54) is 24.3 Å². The third kappa shape index (κ3) is 4.66. The van der Waals surface area contributed by atoms with Crippen molar-refractivity contribution in [1.29, 1.82) is 5.26 Å². The predicted octanol–water partition coefficient (Wildman–Crippen LogP) is 6.65. The average Bonchev–Trinajstić information content (AvgIpc) is 3.03. The van der Waals surface area contributed by atoms with Crippen LogP contribution in [0, 0.1) is 11.3 Å². The van der Waals surface area contributed by atoms with Crippen LogP contribution >= 0.6 is 34.8 Å². The Morgan fingerprint density at radius 2 is 1.62 bits per heavy atom. The van der Waals surface area contributed by atoms with Gasteiger partial charge in [0.15, 0.2) is 0 Å². The summed E-state index contributed by atoms with van der Waals surface area (Å²) in [6.07, 6.45) is -4.19. The largest absolute Gasteiger partial charge is 0.573 e. The van der Waals surface area contributed by atoms with Crippen LogP contribution in [0.3, 0.4) is 0 Å². The quantitative estimate of drug-likeness (QED) is 0.348. The SMILES string of the molecule is N#Cc1c(S(=O)(=O)C(F)c2ccccc2)cn(-c2c(Cl)cc(OC(F)(F)F)cc2Cl)c1Cl. The van der Waals surface area contributed by atoms with Crippen molar-refractivity contribution in [1.82, 2.24) is 4.57 Å². The Labute approximate surface area is 194 Å². The van der Waals surface area contributed by atoms with Crippen LogP contribution in [0.5, 0.6) is 5.75 Å². The second-order valence-corrected chi connectivity index (χ2v) is 9.31. The number of rotatable bonds is 5. The molecule has 1 aromatic heterocycles. The second kappa shape index (κ2) is 8.83. The molecule has 5 nitrogen and oxygen atoms in total. The van der Waals surface area contributed by atoms with Gasteiger partial charge in [-0.25, -0.2) is 12.8 Å². The van der Waals surface area contributed by atoms with E-state index in [0.717, 1.165) is 22.9 Å². The Morgan fingerprint density at radius 3 is 2.12 bits per heavy atom. The Hall–Kier alpha value is -2.45. The van der Waals surface area contributed by atoms with E-state index in [2.05, 4.69) is 4.74 Å². The van der Waals surface area contributed by atoms with E-state index in [-0.39, 0.29) is 11.3 Å². The monoisotopic (exact) mass is 526 g/mol. The first-order valence-corrected chi connectivity index (χ1v) is 11.0. The van der Waals surface area contributed by atoms with Gasteiger partial charge in [-0.1, -0.05) is 65.1 Å². The molecule has 168 valence electrons. The number of sulfone groups is 1. The van der Waals surface area contributed by atoms with Crippen LogP contribution in [0.25, 0.3) is 5.69 Å². The average molecular weight is 528 g/mol. The summed E-state index contributed by atoms with van der Waals surface area (Å²) in [5.74, 6) is -0.735. The van der Waals surface area contributed by atoms with Crippen LogP contribution in [-0.4, -0.2) is 19.3 Å². The highest BCUT2D eigenvalue weighted by Crippen LogP contribution is 2.41. The predicted molar refractivity (Wildman–Crippen MR) is 110 cm³/mol. The van der Waals surface area contributed by atoms with Crippen molar-refractivity contribution in [3.63, 3.8) is 0 Å². The number of benzene rings is 2. The highest BCUT2D eigenvalue weighted by molar-refractivity contribution is 7.91. The van der Waals surface area contributed by atoms with Gasteiger partial charge in [-0.3, -0.25) is 0 Å². The molecule has 1 heterocycles. The molecule has 0 bridgehead atoms. The highest BCUT2D eigenvalue weighted by atomic mass is 35.5. The van der Waals surface area contributed by atoms with Gasteiger partial charge in [0.1, 0.15) is 27.4 Å². The van der Waals surface area contributed by atoms with Crippen LogP contribution < -0.4 is 4.74 Å². The number of halogens is 7. The van der Waals surface area contributed by atoms with Crippen LogP contribution in [0.4, 0.5) is 17.6 Å². The summed E-state index contributed by atoms with van der Waals surface area (Å²) in [5.41, 5.74) is -3.52. The van der Waals surface area contributed by atoms with Gasteiger partial charge < -0.3 is 9.30 Å². The Bertz CT molecular complexity index is 1300. The molecule has 0 amide bonds. The molecule has 0 saturated heterocycles. The molecule has 0 radical (unpaired) electrons. The molecule has 0 N–H and O–H groups in total. The number of alkyl halides is 4. The van der Waals surface area contributed by atoms with Crippen molar-refractivity contribution < 1.29 is 30.7 Å². The first kappa shape index (κ1) is 24.2. The molecule has 32 heavy (non-hydrogen) atoms. The number of hydrogen-bond donors (Lipinski definition) is 0. The van der Waals surface area contributed by atoms with Crippen molar-refractivity contribution in [2.24, 2.45) is 0 Å². The minimum Gasteiger partial charge on any atom is -0.406 e. The lowest BCUT2D eigenvalue weighted by Gasteiger charge is -2.14. The maximum Gasteiger partial charge on any atom is 0.573 e. The fraction of sp³-hybridized carbons (Fsp3) is 0.105. The molecule has 1 unspecified atom stereocenters. The summed E-state index contributed by atoms with van der Waals surface area (Å²) in [7, 11) is -4.76. The minimum absolute atomic E-state index is 0.176. The Kier molecular flexibility index (Phi) is 6.67. The number of nitrogens with zero attached hydrogens (tertiary/aromatic N) is 2. The maximum absolute atomic E-state index is 14.9. The van der Waals surface area contributed by atoms with Gasteiger partial charge in [0.05, 0.1) is 15.7 Å². The van der Waals surface area contributed by atoms with Gasteiger partial charge in [-0.15, -0.1) is 13.2 Å². The van der Waals surface area contributed by atoms with Crippen molar-refractivity contribution in [3.8, 4) is 17.5 Å². The van der Waals surface area contributed by atoms with Crippen molar-refractivity contribution in [2.45, 2.75) is 16.8 Å². The fourth-order valence-corrected chi connectivity index (χ4v) is 5.20. The summed E-state index contributed by atoms with van der Waals surface area (Å²) in [5, 5.41) is 8.15. The van der Waals surface area contributed by atoms with E-state index in [9.17, 15) is 31.2 Å². The van der Waals surface area contributed by atoms with Gasteiger partial charge in [0.25, 0.3) is 0 Å².